The van der Waals surface area contributed by atoms with Crippen molar-refractivity contribution in [2.45, 2.75) is 44.8 Å². The lowest BCUT2D eigenvalue weighted by Gasteiger charge is -2.24. The van der Waals surface area contributed by atoms with Crippen LogP contribution in [0.15, 0.2) is 48.9 Å². The zero-order valence-electron chi connectivity index (χ0n) is 16.6. The number of para-hydroxylation sites is 2. The topological polar surface area (TPSA) is 71.0 Å². The number of hydrogen-bond donors (Lipinski definition) is 1. The second-order valence-electron chi connectivity index (χ2n) is 8.25. The molecule has 3 atom stereocenters. The van der Waals surface area contributed by atoms with Crippen molar-refractivity contribution in [1.82, 2.24) is 25.2 Å². The van der Waals surface area contributed by atoms with Gasteiger partial charge in [0.1, 0.15) is 0 Å². The maximum atomic E-state index is 12.7. The van der Waals surface area contributed by atoms with Crippen LogP contribution in [0, 0.1) is 12.8 Å². The van der Waals surface area contributed by atoms with Crippen LogP contribution in [0.2, 0.25) is 0 Å². The standard InChI is InChI=1S/C23H25N5O/c1-15-10-16(12-24-11-15)23(29)27-19-6-7-22-18(19)8-9-28(22)14-17-13-25-20-4-2-3-5-21(20)26-17/h2-5,10-13,18-19,22H,6-9,14H2,1H3,(H,27,29)/t18-,19-,22+/m0/s1. The summed E-state index contributed by atoms with van der Waals surface area (Å²) in [5, 5.41) is 3.27. The quantitative estimate of drug-likeness (QED) is 0.745. The Kier molecular flexibility index (Phi) is 4.72. The molecule has 1 aromatic carbocycles. The van der Waals surface area contributed by atoms with E-state index in [1.165, 1.54) is 0 Å². The molecule has 2 fully saturated rings. The van der Waals surface area contributed by atoms with E-state index in [-0.39, 0.29) is 11.9 Å². The smallest absolute Gasteiger partial charge is 0.253 e. The Labute approximate surface area is 170 Å². The molecule has 1 saturated carbocycles. The second-order valence-corrected chi connectivity index (χ2v) is 8.25. The molecular weight excluding hydrogens is 362 g/mol. The van der Waals surface area contributed by atoms with Crippen LogP contribution in [-0.4, -0.2) is 44.4 Å². The van der Waals surface area contributed by atoms with Crippen molar-refractivity contribution in [2.24, 2.45) is 5.92 Å². The zero-order valence-corrected chi connectivity index (χ0v) is 16.6. The van der Waals surface area contributed by atoms with E-state index >= 15 is 0 Å². The number of nitrogens with one attached hydrogen (secondary N) is 1. The molecule has 5 rings (SSSR count). The number of carbonyl (C=O) groups is 1. The largest absolute Gasteiger partial charge is 0.349 e. The summed E-state index contributed by atoms with van der Waals surface area (Å²) in [5.74, 6) is 0.496. The van der Waals surface area contributed by atoms with Crippen molar-refractivity contribution < 1.29 is 4.79 Å². The van der Waals surface area contributed by atoms with Crippen molar-refractivity contribution in [3.8, 4) is 0 Å². The average Bonchev–Trinajstić information content (AvgIpc) is 3.31. The number of aromatic nitrogens is 3. The number of rotatable bonds is 4. The molecule has 1 aliphatic carbocycles. The predicted molar refractivity (Wildman–Crippen MR) is 111 cm³/mol. The van der Waals surface area contributed by atoms with Gasteiger partial charge in [0.05, 0.1) is 28.5 Å². The Morgan fingerprint density at radius 3 is 2.86 bits per heavy atom. The zero-order chi connectivity index (χ0) is 19.8. The van der Waals surface area contributed by atoms with Gasteiger partial charge in [-0.05, 0) is 62.4 Å². The molecule has 0 radical (unpaired) electrons. The predicted octanol–water partition coefficient (Wildman–Crippen LogP) is 3.12. The number of benzene rings is 1. The molecule has 2 aliphatic rings. The molecule has 0 unspecified atom stereocenters. The molecule has 6 nitrogen and oxygen atoms in total. The first kappa shape index (κ1) is 18.2. The highest BCUT2D eigenvalue weighted by molar-refractivity contribution is 5.94. The Morgan fingerprint density at radius 1 is 1.14 bits per heavy atom. The fourth-order valence-electron chi connectivity index (χ4n) is 4.96. The molecule has 0 bridgehead atoms. The minimum atomic E-state index is -0.00861. The van der Waals surface area contributed by atoms with Gasteiger partial charge in [0.2, 0.25) is 0 Å². The van der Waals surface area contributed by atoms with Gasteiger partial charge >= 0.3 is 0 Å². The maximum absolute atomic E-state index is 12.7. The highest BCUT2D eigenvalue weighted by Crippen LogP contribution is 2.39. The lowest BCUT2D eigenvalue weighted by Crippen LogP contribution is -2.39. The molecule has 1 aliphatic heterocycles. The number of likely N-dealkylation sites (tertiary alicyclic amines) is 1. The average molecular weight is 387 g/mol. The minimum Gasteiger partial charge on any atom is -0.349 e. The van der Waals surface area contributed by atoms with Gasteiger partial charge in [0.15, 0.2) is 0 Å². The van der Waals surface area contributed by atoms with Crippen LogP contribution in [0.1, 0.15) is 40.9 Å². The molecule has 1 amide bonds. The SMILES string of the molecule is Cc1cncc(C(=O)N[C@H]2CC[C@@H]3[C@H]2CCN3Cc2cnc3ccccc3n2)c1. The molecule has 148 valence electrons. The summed E-state index contributed by atoms with van der Waals surface area (Å²) in [6, 6.07) is 10.6. The number of pyridine rings is 1. The molecule has 1 saturated heterocycles. The van der Waals surface area contributed by atoms with E-state index < -0.39 is 0 Å². The van der Waals surface area contributed by atoms with Gasteiger partial charge in [-0.15, -0.1) is 0 Å². The van der Waals surface area contributed by atoms with Gasteiger partial charge in [-0.25, -0.2) is 4.98 Å². The number of amides is 1. The fourth-order valence-corrected chi connectivity index (χ4v) is 4.96. The van der Waals surface area contributed by atoms with Crippen molar-refractivity contribution >= 4 is 16.9 Å². The van der Waals surface area contributed by atoms with Crippen LogP contribution < -0.4 is 5.32 Å². The summed E-state index contributed by atoms with van der Waals surface area (Å²) < 4.78 is 0. The van der Waals surface area contributed by atoms with Crippen LogP contribution in [-0.2, 0) is 6.54 Å². The van der Waals surface area contributed by atoms with E-state index in [0.717, 1.165) is 54.6 Å². The Balaban J connectivity index is 1.25. The van der Waals surface area contributed by atoms with Gasteiger partial charge in [0.25, 0.3) is 5.91 Å². The van der Waals surface area contributed by atoms with Crippen molar-refractivity contribution in [2.75, 3.05) is 6.54 Å². The second kappa shape index (κ2) is 7.52. The van der Waals surface area contributed by atoms with Gasteiger partial charge < -0.3 is 5.32 Å². The maximum Gasteiger partial charge on any atom is 0.253 e. The van der Waals surface area contributed by atoms with Gasteiger partial charge in [-0.3, -0.25) is 19.7 Å². The first-order chi connectivity index (χ1) is 14.2. The molecule has 2 aromatic heterocycles. The van der Waals surface area contributed by atoms with Crippen LogP contribution in [0.25, 0.3) is 11.0 Å². The lowest BCUT2D eigenvalue weighted by atomic mass is 9.99. The first-order valence-electron chi connectivity index (χ1n) is 10.3. The van der Waals surface area contributed by atoms with E-state index in [1.807, 2.05) is 43.5 Å². The summed E-state index contributed by atoms with van der Waals surface area (Å²) in [5.41, 5.74) is 4.55. The number of aryl methyl sites for hydroxylation is 1. The third-order valence-electron chi connectivity index (χ3n) is 6.32. The minimum absolute atomic E-state index is 0.00861. The first-order valence-corrected chi connectivity index (χ1v) is 10.3. The van der Waals surface area contributed by atoms with Gasteiger partial charge in [-0.2, -0.15) is 0 Å². The summed E-state index contributed by atoms with van der Waals surface area (Å²) in [4.78, 5) is 28.7. The third kappa shape index (κ3) is 3.60. The molecule has 6 heteroatoms. The van der Waals surface area contributed by atoms with Crippen LogP contribution in [0.5, 0.6) is 0 Å². The van der Waals surface area contributed by atoms with Crippen LogP contribution >= 0.6 is 0 Å². The summed E-state index contributed by atoms with van der Waals surface area (Å²) in [7, 11) is 0. The van der Waals surface area contributed by atoms with E-state index in [9.17, 15) is 4.79 Å². The van der Waals surface area contributed by atoms with E-state index in [2.05, 4.69) is 20.2 Å². The fraction of sp³-hybridized carbons (Fsp3) is 0.391. The number of nitrogens with zero attached hydrogens (tertiary/aromatic N) is 4. The molecule has 1 N–H and O–H groups in total. The normalized spacial score (nSPS) is 24.0. The summed E-state index contributed by atoms with van der Waals surface area (Å²) in [6.45, 7) is 3.82. The molecular formula is C23H25N5O. The molecule has 3 aromatic rings. The molecule has 3 heterocycles. The van der Waals surface area contributed by atoms with Gasteiger partial charge in [-0.1, -0.05) is 12.1 Å². The van der Waals surface area contributed by atoms with Crippen molar-refractivity contribution in [1.29, 1.82) is 0 Å². The van der Waals surface area contributed by atoms with Crippen LogP contribution in [0.4, 0.5) is 0 Å². The molecule has 0 spiro atoms. The number of fused-ring (bicyclic) bond motifs is 2. The molecule has 29 heavy (non-hydrogen) atoms. The van der Waals surface area contributed by atoms with E-state index in [1.54, 1.807) is 12.4 Å². The Hall–Kier alpha value is -2.86. The third-order valence-corrected chi connectivity index (χ3v) is 6.32. The lowest BCUT2D eigenvalue weighted by molar-refractivity contribution is 0.0926. The van der Waals surface area contributed by atoms with E-state index in [0.29, 0.717) is 17.5 Å². The summed E-state index contributed by atoms with van der Waals surface area (Å²) in [6.07, 6.45) is 8.57. The number of carbonyl (C=O) groups excluding carboxylic acids is 1. The highest BCUT2D eigenvalue weighted by Gasteiger charge is 2.44. The highest BCUT2D eigenvalue weighted by atomic mass is 16.1. The van der Waals surface area contributed by atoms with Crippen molar-refractivity contribution in [3.63, 3.8) is 0 Å². The van der Waals surface area contributed by atoms with Crippen LogP contribution in [0.3, 0.4) is 0 Å². The Bertz CT molecular complexity index is 1050. The summed E-state index contributed by atoms with van der Waals surface area (Å²) >= 11 is 0. The number of hydrogen-bond acceptors (Lipinski definition) is 5. The monoisotopic (exact) mass is 387 g/mol. The Morgan fingerprint density at radius 2 is 2.00 bits per heavy atom. The van der Waals surface area contributed by atoms with Crippen molar-refractivity contribution in [3.05, 3.63) is 65.7 Å². The van der Waals surface area contributed by atoms with Gasteiger partial charge in [0, 0.05) is 31.0 Å². The van der Waals surface area contributed by atoms with E-state index in [4.69, 9.17) is 4.98 Å².